The van der Waals surface area contributed by atoms with Crippen LogP contribution in [0.3, 0.4) is 0 Å². The molecule has 1 rings (SSSR count). The van der Waals surface area contributed by atoms with Crippen LogP contribution in [0.4, 0.5) is 0 Å². The Morgan fingerprint density at radius 1 is 1.37 bits per heavy atom. The first kappa shape index (κ1) is 16.4. The Hall–Kier alpha value is -0.610. The van der Waals surface area contributed by atoms with Gasteiger partial charge in [-0.1, -0.05) is 19.8 Å². The quantitative estimate of drug-likeness (QED) is 0.690. The number of aliphatic hydroxyl groups excluding tert-OH is 1. The van der Waals surface area contributed by atoms with Gasteiger partial charge in [-0.2, -0.15) is 0 Å². The van der Waals surface area contributed by atoms with Crippen molar-refractivity contribution in [1.29, 1.82) is 0 Å². The summed E-state index contributed by atoms with van der Waals surface area (Å²) in [6, 6.07) is -0.208. The number of amides is 1. The Morgan fingerprint density at radius 2 is 2.00 bits per heavy atom. The molecule has 1 saturated carbocycles. The first-order valence-corrected chi connectivity index (χ1v) is 7.59. The highest BCUT2D eigenvalue weighted by Gasteiger charge is 2.25. The molecule has 1 aliphatic rings. The molecule has 112 valence electrons. The topological polar surface area (TPSA) is 61.4 Å². The van der Waals surface area contributed by atoms with E-state index in [0.717, 1.165) is 32.2 Å². The van der Waals surface area contributed by atoms with Gasteiger partial charge < -0.3 is 15.7 Å². The van der Waals surface area contributed by atoms with Crippen molar-refractivity contribution in [1.82, 2.24) is 10.6 Å². The standard InChI is InChI=1S/C15H30N2O2/c1-5-15(3,4)17-14(19)11(2)16-10-12-8-6-7-9-13(12)18/h11-13,16,18H,5-10H2,1-4H3,(H,17,19). The van der Waals surface area contributed by atoms with Gasteiger partial charge in [0.05, 0.1) is 12.1 Å². The summed E-state index contributed by atoms with van der Waals surface area (Å²) in [7, 11) is 0. The van der Waals surface area contributed by atoms with Gasteiger partial charge in [0.2, 0.25) is 5.91 Å². The van der Waals surface area contributed by atoms with Gasteiger partial charge in [0, 0.05) is 12.1 Å². The van der Waals surface area contributed by atoms with E-state index in [0.29, 0.717) is 5.92 Å². The highest BCUT2D eigenvalue weighted by Crippen LogP contribution is 2.23. The van der Waals surface area contributed by atoms with Crippen LogP contribution in [0, 0.1) is 5.92 Å². The van der Waals surface area contributed by atoms with Gasteiger partial charge in [-0.3, -0.25) is 4.79 Å². The maximum Gasteiger partial charge on any atom is 0.237 e. The molecule has 1 fully saturated rings. The van der Waals surface area contributed by atoms with Gasteiger partial charge >= 0.3 is 0 Å². The molecule has 19 heavy (non-hydrogen) atoms. The number of rotatable bonds is 6. The molecular weight excluding hydrogens is 240 g/mol. The first-order valence-electron chi connectivity index (χ1n) is 7.59. The molecule has 1 aliphatic carbocycles. The van der Waals surface area contributed by atoms with Gasteiger partial charge in [-0.25, -0.2) is 0 Å². The van der Waals surface area contributed by atoms with Crippen LogP contribution in [-0.4, -0.2) is 35.2 Å². The summed E-state index contributed by atoms with van der Waals surface area (Å²) in [5.74, 6) is 0.334. The van der Waals surface area contributed by atoms with E-state index in [9.17, 15) is 9.90 Å². The van der Waals surface area contributed by atoms with Crippen molar-refractivity contribution in [3.63, 3.8) is 0 Å². The van der Waals surface area contributed by atoms with Crippen molar-refractivity contribution in [2.24, 2.45) is 5.92 Å². The molecule has 0 radical (unpaired) electrons. The number of hydrogen-bond donors (Lipinski definition) is 3. The van der Waals surface area contributed by atoms with Crippen LogP contribution in [0.1, 0.15) is 59.8 Å². The molecule has 3 atom stereocenters. The van der Waals surface area contributed by atoms with Crippen LogP contribution in [0.25, 0.3) is 0 Å². The van der Waals surface area contributed by atoms with E-state index in [2.05, 4.69) is 17.6 Å². The minimum Gasteiger partial charge on any atom is -0.393 e. The van der Waals surface area contributed by atoms with Crippen LogP contribution in [0.2, 0.25) is 0 Å². The van der Waals surface area contributed by atoms with Gasteiger partial charge in [-0.05, 0) is 46.0 Å². The Kier molecular flexibility index (Phi) is 6.27. The monoisotopic (exact) mass is 270 g/mol. The minimum atomic E-state index is -0.208. The minimum absolute atomic E-state index is 0.0390. The molecule has 4 heteroatoms. The average molecular weight is 270 g/mol. The second kappa shape index (κ2) is 7.25. The summed E-state index contributed by atoms with van der Waals surface area (Å²) in [6.45, 7) is 8.74. The summed E-state index contributed by atoms with van der Waals surface area (Å²) >= 11 is 0. The van der Waals surface area contributed by atoms with Crippen LogP contribution < -0.4 is 10.6 Å². The molecule has 0 bridgehead atoms. The molecule has 0 spiro atoms. The smallest absolute Gasteiger partial charge is 0.237 e. The van der Waals surface area contributed by atoms with Crippen molar-refractivity contribution in [2.75, 3.05) is 6.54 Å². The van der Waals surface area contributed by atoms with Crippen molar-refractivity contribution >= 4 is 5.91 Å². The highest BCUT2D eigenvalue weighted by molar-refractivity contribution is 5.81. The van der Waals surface area contributed by atoms with E-state index < -0.39 is 0 Å². The summed E-state index contributed by atoms with van der Waals surface area (Å²) in [4.78, 5) is 12.0. The number of hydrogen-bond acceptors (Lipinski definition) is 3. The average Bonchev–Trinajstić information content (AvgIpc) is 2.37. The molecule has 4 nitrogen and oxygen atoms in total. The van der Waals surface area contributed by atoms with Gasteiger partial charge in [0.1, 0.15) is 0 Å². The number of carbonyl (C=O) groups excluding carboxylic acids is 1. The van der Waals surface area contributed by atoms with Crippen LogP contribution >= 0.6 is 0 Å². The van der Waals surface area contributed by atoms with E-state index in [1.807, 2.05) is 20.8 Å². The second-order valence-electron chi connectivity index (χ2n) is 6.47. The molecule has 3 unspecified atom stereocenters. The number of carbonyl (C=O) groups is 1. The fourth-order valence-corrected chi connectivity index (χ4v) is 2.38. The van der Waals surface area contributed by atoms with Crippen LogP contribution in [0.5, 0.6) is 0 Å². The van der Waals surface area contributed by atoms with E-state index in [4.69, 9.17) is 0 Å². The third kappa shape index (κ3) is 5.49. The lowest BCUT2D eigenvalue weighted by Gasteiger charge is -2.30. The molecule has 0 saturated heterocycles. The SMILES string of the molecule is CCC(C)(C)NC(=O)C(C)NCC1CCCCC1O. The predicted molar refractivity (Wildman–Crippen MR) is 77.9 cm³/mol. The normalized spacial score (nSPS) is 25.9. The van der Waals surface area contributed by atoms with Crippen molar-refractivity contribution < 1.29 is 9.90 Å². The lowest BCUT2D eigenvalue weighted by Crippen LogP contribution is -2.51. The van der Waals surface area contributed by atoms with E-state index in [1.165, 1.54) is 6.42 Å². The molecule has 0 aromatic carbocycles. The van der Waals surface area contributed by atoms with Crippen LogP contribution in [-0.2, 0) is 4.79 Å². The number of aliphatic hydroxyl groups is 1. The molecule has 1 amide bonds. The fourth-order valence-electron chi connectivity index (χ4n) is 2.38. The highest BCUT2D eigenvalue weighted by atomic mass is 16.3. The lowest BCUT2D eigenvalue weighted by atomic mass is 9.86. The van der Waals surface area contributed by atoms with Crippen LogP contribution in [0.15, 0.2) is 0 Å². The molecule has 0 aromatic rings. The van der Waals surface area contributed by atoms with E-state index >= 15 is 0 Å². The number of nitrogens with one attached hydrogen (secondary N) is 2. The molecule has 3 N–H and O–H groups in total. The van der Waals surface area contributed by atoms with Gasteiger partial charge in [0.15, 0.2) is 0 Å². The maximum absolute atomic E-state index is 12.0. The summed E-state index contributed by atoms with van der Waals surface area (Å²) in [6.07, 6.45) is 4.97. The molecule has 0 aliphatic heterocycles. The Labute approximate surface area is 117 Å². The van der Waals surface area contributed by atoms with Crippen molar-refractivity contribution in [3.05, 3.63) is 0 Å². The van der Waals surface area contributed by atoms with Gasteiger partial charge in [-0.15, -0.1) is 0 Å². The summed E-state index contributed by atoms with van der Waals surface area (Å²) < 4.78 is 0. The first-order chi connectivity index (χ1) is 8.85. The van der Waals surface area contributed by atoms with Crippen molar-refractivity contribution in [3.8, 4) is 0 Å². The molecule has 0 aromatic heterocycles. The zero-order valence-electron chi connectivity index (χ0n) is 12.8. The Morgan fingerprint density at radius 3 is 2.58 bits per heavy atom. The zero-order chi connectivity index (χ0) is 14.5. The second-order valence-corrected chi connectivity index (χ2v) is 6.47. The third-order valence-corrected chi connectivity index (χ3v) is 4.29. The van der Waals surface area contributed by atoms with Gasteiger partial charge in [0.25, 0.3) is 0 Å². The summed E-state index contributed by atoms with van der Waals surface area (Å²) in [5.41, 5.74) is -0.155. The lowest BCUT2D eigenvalue weighted by molar-refractivity contribution is -0.124. The molecular formula is C15H30N2O2. The van der Waals surface area contributed by atoms with E-state index in [1.54, 1.807) is 0 Å². The van der Waals surface area contributed by atoms with E-state index in [-0.39, 0.29) is 23.6 Å². The fraction of sp³-hybridized carbons (Fsp3) is 0.933. The largest absolute Gasteiger partial charge is 0.393 e. The Bertz CT molecular complexity index is 292. The summed E-state index contributed by atoms with van der Waals surface area (Å²) in [5, 5.41) is 16.2. The predicted octanol–water partition coefficient (Wildman–Crippen LogP) is 1.82. The third-order valence-electron chi connectivity index (χ3n) is 4.29. The maximum atomic E-state index is 12.0. The molecule has 0 heterocycles. The Balaban J connectivity index is 2.33. The zero-order valence-corrected chi connectivity index (χ0v) is 12.8. The van der Waals surface area contributed by atoms with Crippen molar-refractivity contribution in [2.45, 2.75) is 77.5 Å².